The molecule has 0 aliphatic carbocycles. The molecule has 1 amide bonds. The zero-order valence-corrected chi connectivity index (χ0v) is 20.1. The number of carbonyl (C=O) groups excluding carboxylic acids is 1. The molecule has 0 radical (unpaired) electrons. The fraction of sp³-hybridized carbons (Fsp3) is 0.286. The number of amides is 1. The number of hydrogen-bond acceptors (Lipinski definition) is 6. The lowest BCUT2D eigenvalue weighted by Gasteiger charge is -2.37. The van der Waals surface area contributed by atoms with Gasteiger partial charge in [-0.15, -0.1) is 0 Å². The highest BCUT2D eigenvalue weighted by atomic mass is 16.5. The maximum Gasteiger partial charge on any atom is 0.411 e. The first-order valence-corrected chi connectivity index (χ1v) is 12.0. The fourth-order valence-corrected chi connectivity index (χ4v) is 4.51. The molecule has 0 saturated carbocycles. The Morgan fingerprint density at radius 3 is 2.54 bits per heavy atom. The van der Waals surface area contributed by atoms with E-state index in [9.17, 15) is 4.79 Å². The van der Waals surface area contributed by atoms with E-state index in [-0.39, 0.29) is 6.61 Å². The number of nitrogens with zero attached hydrogens (tertiary/aromatic N) is 3. The van der Waals surface area contributed by atoms with Crippen molar-refractivity contribution in [3.8, 4) is 11.5 Å². The Morgan fingerprint density at radius 1 is 1.03 bits per heavy atom. The van der Waals surface area contributed by atoms with E-state index in [0.29, 0.717) is 17.5 Å². The predicted molar refractivity (Wildman–Crippen MR) is 138 cm³/mol. The SMILES string of the molecule is CN(C)C1CCN(C2=Nc3ccccc3Oc3ccc(NC(=O)OCc4ccccc4)cc32)CC1. The molecule has 0 atom stereocenters. The molecule has 180 valence electrons. The first-order valence-electron chi connectivity index (χ1n) is 12.0. The quantitative estimate of drug-likeness (QED) is 0.534. The maximum atomic E-state index is 12.5. The maximum absolute atomic E-state index is 12.5. The van der Waals surface area contributed by atoms with Crippen LogP contribution in [0.15, 0.2) is 77.8 Å². The number of ether oxygens (including phenoxy) is 2. The van der Waals surface area contributed by atoms with Crippen LogP contribution in [0.3, 0.4) is 0 Å². The number of aliphatic imine (C=N–C) groups is 1. The van der Waals surface area contributed by atoms with Crippen molar-refractivity contribution in [1.82, 2.24) is 9.80 Å². The normalized spacial score (nSPS) is 15.4. The fourth-order valence-electron chi connectivity index (χ4n) is 4.51. The van der Waals surface area contributed by atoms with Crippen molar-refractivity contribution in [2.45, 2.75) is 25.5 Å². The first kappa shape index (κ1) is 22.9. The minimum Gasteiger partial charge on any atom is -0.454 e. The molecule has 7 nitrogen and oxygen atoms in total. The second kappa shape index (κ2) is 10.2. The van der Waals surface area contributed by atoms with Gasteiger partial charge >= 0.3 is 6.09 Å². The monoisotopic (exact) mass is 470 g/mol. The number of rotatable bonds is 4. The third-order valence-electron chi connectivity index (χ3n) is 6.49. The average molecular weight is 471 g/mol. The van der Waals surface area contributed by atoms with E-state index in [1.165, 1.54) is 0 Å². The molecule has 1 N–H and O–H groups in total. The Bertz CT molecular complexity index is 1220. The zero-order valence-electron chi connectivity index (χ0n) is 20.1. The molecule has 2 aliphatic rings. The minimum atomic E-state index is -0.503. The topological polar surface area (TPSA) is 66.4 Å². The van der Waals surface area contributed by atoms with Gasteiger partial charge in [-0.3, -0.25) is 5.32 Å². The smallest absolute Gasteiger partial charge is 0.411 e. The minimum absolute atomic E-state index is 0.212. The van der Waals surface area contributed by atoms with Crippen molar-refractivity contribution >= 4 is 23.3 Å². The van der Waals surface area contributed by atoms with Gasteiger partial charge in [-0.05, 0) is 62.8 Å². The molecule has 3 aromatic carbocycles. The summed E-state index contributed by atoms with van der Waals surface area (Å²) in [6.45, 7) is 2.02. The lowest BCUT2D eigenvalue weighted by atomic mass is 10.0. The number of anilines is 1. The van der Waals surface area contributed by atoms with E-state index >= 15 is 0 Å². The number of nitrogens with one attached hydrogen (secondary N) is 1. The Hall–Kier alpha value is -3.84. The van der Waals surface area contributed by atoms with Crippen LogP contribution in [-0.4, -0.2) is 55.0 Å². The summed E-state index contributed by atoms with van der Waals surface area (Å²) in [6, 6.07) is 23.6. The Labute approximate surface area is 206 Å². The Kier molecular flexibility index (Phi) is 6.68. The first-order chi connectivity index (χ1) is 17.1. The van der Waals surface area contributed by atoms with Crippen molar-refractivity contribution < 1.29 is 14.3 Å². The summed E-state index contributed by atoms with van der Waals surface area (Å²) in [5.74, 6) is 2.30. The summed E-state index contributed by atoms with van der Waals surface area (Å²) in [4.78, 5) is 22.1. The molecule has 0 spiro atoms. The average Bonchev–Trinajstić information content (AvgIpc) is 3.05. The highest BCUT2D eigenvalue weighted by Crippen LogP contribution is 2.39. The van der Waals surface area contributed by atoms with Crippen LogP contribution in [0, 0.1) is 0 Å². The molecule has 1 fully saturated rings. The molecule has 1 saturated heterocycles. The lowest BCUT2D eigenvalue weighted by Crippen LogP contribution is -2.44. The van der Waals surface area contributed by atoms with Crippen molar-refractivity contribution in [3.05, 3.63) is 83.9 Å². The van der Waals surface area contributed by atoms with E-state index in [4.69, 9.17) is 14.5 Å². The Morgan fingerprint density at radius 2 is 1.77 bits per heavy atom. The highest BCUT2D eigenvalue weighted by molar-refractivity contribution is 6.05. The van der Waals surface area contributed by atoms with Gasteiger partial charge in [0.2, 0.25) is 0 Å². The van der Waals surface area contributed by atoms with Crippen LogP contribution < -0.4 is 10.1 Å². The van der Waals surface area contributed by atoms with Gasteiger partial charge in [-0.2, -0.15) is 0 Å². The van der Waals surface area contributed by atoms with Gasteiger partial charge in [-0.25, -0.2) is 9.79 Å². The van der Waals surface area contributed by atoms with E-state index in [2.05, 4.69) is 29.2 Å². The van der Waals surface area contributed by atoms with Crippen LogP contribution >= 0.6 is 0 Å². The van der Waals surface area contributed by atoms with Crippen molar-refractivity contribution in [2.24, 2.45) is 4.99 Å². The second-order valence-electron chi connectivity index (χ2n) is 9.08. The lowest BCUT2D eigenvalue weighted by molar-refractivity contribution is 0.155. The van der Waals surface area contributed by atoms with E-state index in [1.54, 1.807) is 0 Å². The molecule has 0 unspecified atom stereocenters. The summed E-state index contributed by atoms with van der Waals surface area (Å²) in [5, 5.41) is 2.85. The number of fused-ring (bicyclic) bond motifs is 2. The molecule has 2 aliphatic heterocycles. The van der Waals surface area contributed by atoms with Crippen molar-refractivity contribution in [2.75, 3.05) is 32.5 Å². The predicted octanol–water partition coefficient (Wildman–Crippen LogP) is 5.65. The number of piperidine rings is 1. The van der Waals surface area contributed by atoms with E-state index in [0.717, 1.165) is 54.3 Å². The molecule has 5 rings (SSSR count). The van der Waals surface area contributed by atoms with Crippen LogP contribution in [0.1, 0.15) is 24.0 Å². The molecular formula is C28H30N4O3. The van der Waals surface area contributed by atoms with Gasteiger partial charge in [-0.1, -0.05) is 42.5 Å². The third-order valence-corrected chi connectivity index (χ3v) is 6.49. The molecule has 0 aromatic heterocycles. The van der Waals surface area contributed by atoms with E-state index < -0.39 is 6.09 Å². The number of amidine groups is 1. The van der Waals surface area contributed by atoms with Crippen LogP contribution in [-0.2, 0) is 11.3 Å². The largest absolute Gasteiger partial charge is 0.454 e. The Balaban J connectivity index is 1.39. The molecule has 7 heteroatoms. The number of likely N-dealkylation sites (tertiary alicyclic amines) is 1. The second-order valence-corrected chi connectivity index (χ2v) is 9.08. The zero-order chi connectivity index (χ0) is 24.2. The number of hydrogen-bond donors (Lipinski definition) is 1. The number of benzene rings is 3. The van der Waals surface area contributed by atoms with Gasteiger partial charge in [0.15, 0.2) is 5.75 Å². The van der Waals surface area contributed by atoms with Crippen molar-refractivity contribution in [3.63, 3.8) is 0 Å². The van der Waals surface area contributed by atoms with Crippen LogP contribution in [0.2, 0.25) is 0 Å². The highest BCUT2D eigenvalue weighted by Gasteiger charge is 2.27. The van der Waals surface area contributed by atoms with Gasteiger partial charge in [0, 0.05) is 24.8 Å². The molecule has 0 bridgehead atoms. The van der Waals surface area contributed by atoms with Gasteiger partial charge < -0.3 is 19.3 Å². The summed E-state index contributed by atoms with van der Waals surface area (Å²) in [6.07, 6.45) is 1.62. The van der Waals surface area contributed by atoms with Gasteiger partial charge in [0.05, 0.1) is 5.56 Å². The summed E-state index contributed by atoms with van der Waals surface area (Å²) >= 11 is 0. The van der Waals surface area contributed by atoms with Gasteiger partial charge in [0.1, 0.15) is 23.9 Å². The number of para-hydroxylation sites is 2. The van der Waals surface area contributed by atoms with E-state index in [1.807, 2.05) is 72.8 Å². The molecule has 2 heterocycles. The van der Waals surface area contributed by atoms with Crippen LogP contribution in [0.5, 0.6) is 11.5 Å². The number of carbonyl (C=O) groups is 1. The van der Waals surface area contributed by atoms with Crippen molar-refractivity contribution in [1.29, 1.82) is 0 Å². The van der Waals surface area contributed by atoms with Gasteiger partial charge in [0.25, 0.3) is 0 Å². The standard InChI is InChI=1S/C28H30N4O3/c1-31(2)22-14-16-32(17-15-22)27-23-18-21(29-28(33)34-19-20-8-4-3-5-9-20)12-13-25(23)35-26-11-7-6-10-24(26)30-27/h3-13,18,22H,14-17,19H2,1-2H3,(H,29,33). The molecular weight excluding hydrogens is 440 g/mol. The summed E-state index contributed by atoms with van der Waals surface area (Å²) < 4.78 is 11.7. The van der Waals surface area contributed by atoms with Crippen LogP contribution in [0.25, 0.3) is 0 Å². The third kappa shape index (κ3) is 5.30. The summed E-state index contributed by atoms with van der Waals surface area (Å²) in [7, 11) is 4.27. The summed E-state index contributed by atoms with van der Waals surface area (Å²) in [5.41, 5.74) is 3.22. The molecule has 3 aromatic rings. The van der Waals surface area contributed by atoms with Crippen LogP contribution in [0.4, 0.5) is 16.2 Å². The molecule has 35 heavy (non-hydrogen) atoms.